The van der Waals surface area contributed by atoms with E-state index in [1.165, 1.54) is 140 Å². The lowest BCUT2D eigenvalue weighted by Crippen LogP contribution is -2.20. The summed E-state index contributed by atoms with van der Waals surface area (Å²) in [6.07, 6.45) is 9.90. The SMILES string of the molecule is c1ccc(-c2cc(-c3ccccc3)nc(-c3ccc4c(-c5ccc6c(c5)C5(CCCC5)c5ccccc5-6)c5ccccc5c(-c5ccc6c(c5)C5(CCCC5)c5ccccc5-6)c4c3)n2)cc1. The molecule has 0 aliphatic heterocycles. The summed E-state index contributed by atoms with van der Waals surface area (Å²) >= 11 is 0. The third-order valence-electron chi connectivity index (χ3n) is 16.2. The molecule has 0 unspecified atom stereocenters. The monoisotopic (exact) mass is 844 g/mol. The lowest BCUT2D eigenvalue weighted by Gasteiger charge is -2.28. The zero-order chi connectivity index (χ0) is 43.4. The van der Waals surface area contributed by atoms with Gasteiger partial charge in [-0.3, -0.25) is 0 Å². The van der Waals surface area contributed by atoms with Gasteiger partial charge in [0, 0.05) is 27.5 Å². The van der Waals surface area contributed by atoms with E-state index in [1.54, 1.807) is 0 Å². The molecule has 2 nitrogen and oxygen atoms in total. The number of hydrogen-bond acceptors (Lipinski definition) is 2. The zero-order valence-corrected chi connectivity index (χ0v) is 37.0. The molecule has 10 aromatic rings. The molecule has 2 spiro atoms. The Bertz CT molecular complexity index is 3530. The molecule has 2 heteroatoms. The van der Waals surface area contributed by atoms with Gasteiger partial charge in [-0.25, -0.2) is 9.97 Å². The van der Waals surface area contributed by atoms with Gasteiger partial charge in [0.05, 0.1) is 11.4 Å². The Balaban J connectivity index is 1.05. The fraction of sp³-hybridized carbons (Fsp3) is 0.156. The molecule has 2 saturated carbocycles. The Morgan fingerprint density at radius 2 is 0.697 bits per heavy atom. The van der Waals surface area contributed by atoms with Crippen LogP contribution in [0.15, 0.2) is 194 Å². The highest BCUT2D eigenvalue weighted by atomic mass is 14.9. The summed E-state index contributed by atoms with van der Waals surface area (Å²) in [6.45, 7) is 0. The molecule has 0 atom stereocenters. The molecule has 0 N–H and O–H groups in total. The van der Waals surface area contributed by atoms with Crippen LogP contribution in [0.4, 0.5) is 0 Å². The predicted octanol–water partition coefficient (Wildman–Crippen LogP) is 16.8. The molecule has 14 rings (SSSR count). The van der Waals surface area contributed by atoms with Crippen LogP contribution in [0.5, 0.6) is 0 Å². The van der Waals surface area contributed by atoms with Crippen molar-refractivity contribution in [2.24, 2.45) is 0 Å². The zero-order valence-electron chi connectivity index (χ0n) is 37.0. The maximum absolute atomic E-state index is 5.36. The first-order valence-corrected chi connectivity index (χ1v) is 24.2. The van der Waals surface area contributed by atoms with E-state index in [-0.39, 0.29) is 10.8 Å². The van der Waals surface area contributed by atoms with Crippen molar-refractivity contribution in [2.75, 3.05) is 0 Å². The van der Waals surface area contributed by atoms with Crippen LogP contribution in [0, 0.1) is 0 Å². The largest absolute Gasteiger partial charge is 0.228 e. The Labute approximate surface area is 386 Å². The van der Waals surface area contributed by atoms with Crippen LogP contribution in [-0.2, 0) is 10.8 Å². The lowest BCUT2D eigenvalue weighted by molar-refractivity contribution is 0.550. The first-order chi connectivity index (χ1) is 32.7. The van der Waals surface area contributed by atoms with Gasteiger partial charge >= 0.3 is 0 Å². The number of fused-ring (bicyclic) bond motifs is 12. The van der Waals surface area contributed by atoms with Gasteiger partial charge in [-0.1, -0.05) is 196 Å². The molecule has 0 saturated heterocycles. The molecule has 0 bridgehead atoms. The van der Waals surface area contributed by atoms with Crippen LogP contribution in [0.2, 0.25) is 0 Å². The second kappa shape index (κ2) is 14.5. The standard InChI is InChI=1S/C64H48N2/c1-3-17-41(18-4-1)58-40-59(42-19-5-2-6-20-42)66-62(65-58)45-29-32-52-53(37-45)61(44-28-31-49-47-22-10-12-26-55(47)64(57(49)39-44)35-15-16-36-64)51-24-8-7-23-50(51)60(52)43-27-30-48-46-21-9-11-25-54(46)63(56(48)38-43)33-13-14-34-63/h1-12,17-32,37-40H,13-16,33-36H2. The van der Waals surface area contributed by atoms with Gasteiger partial charge in [-0.15, -0.1) is 0 Å². The van der Waals surface area contributed by atoms with E-state index < -0.39 is 0 Å². The normalized spacial score (nSPS) is 15.9. The third kappa shape index (κ3) is 5.48. The summed E-state index contributed by atoms with van der Waals surface area (Å²) in [6, 6.07) is 72.8. The highest BCUT2D eigenvalue weighted by Crippen LogP contribution is 2.60. The number of benzene rings is 9. The quantitative estimate of drug-likeness (QED) is 0.161. The van der Waals surface area contributed by atoms with Crippen molar-refractivity contribution in [2.45, 2.75) is 62.2 Å². The average Bonchev–Trinajstić information content (AvgIpc) is 4.20. The van der Waals surface area contributed by atoms with Crippen LogP contribution in [0.1, 0.15) is 73.6 Å². The van der Waals surface area contributed by atoms with E-state index >= 15 is 0 Å². The van der Waals surface area contributed by atoms with Crippen molar-refractivity contribution in [3.63, 3.8) is 0 Å². The van der Waals surface area contributed by atoms with Crippen LogP contribution in [0.25, 0.3) is 100.0 Å². The van der Waals surface area contributed by atoms with Gasteiger partial charge in [-0.05, 0) is 138 Å². The molecule has 314 valence electrons. The Morgan fingerprint density at radius 1 is 0.288 bits per heavy atom. The summed E-state index contributed by atoms with van der Waals surface area (Å²) in [7, 11) is 0. The topological polar surface area (TPSA) is 25.8 Å². The van der Waals surface area contributed by atoms with Gasteiger partial charge in [0.2, 0.25) is 0 Å². The van der Waals surface area contributed by atoms with Gasteiger partial charge < -0.3 is 0 Å². The Hall–Kier alpha value is -7.42. The summed E-state index contributed by atoms with van der Waals surface area (Å²) in [5, 5.41) is 5.05. The second-order valence-electron chi connectivity index (χ2n) is 19.4. The number of aromatic nitrogens is 2. The third-order valence-corrected chi connectivity index (χ3v) is 16.2. The molecular weight excluding hydrogens is 797 g/mol. The van der Waals surface area contributed by atoms with E-state index in [1.807, 2.05) is 0 Å². The predicted molar refractivity (Wildman–Crippen MR) is 274 cm³/mol. The Morgan fingerprint density at radius 3 is 1.21 bits per heavy atom. The molecule has 1 heterocycles. The molecule has 0 radical (unpaired) electrons. The van der Waals surface area contributed by atoms with Crippen molar-refractivity contribution in [3.05, 3.63) is 216 Å². The molecule has 4 aliphatic rings. The summed E-state index contributed by atoms with van der Waals surface area (Å²) in [5.41, 5.74) is 22.0. The molecule has 4 aliphatic carbocycles. The molecule has 9 aromatic carbocycles. The van der Waals surface area contributed by atoms with Crippen molar-refractivity contribution < 1.29 is 0 Å². The number of hydrogen-bond donors (Lipinski definition) is 0. The van der Waals surface area contributed by atoms with E-state index in [0.29, 0.717) is 0 Å². The van der Waals surface area contributed by atoms with Crippen LogP contribution < -0.4 is 0 Å². The van der Waals surface area contributed by atoms with Gasteiger partial charge in [0.1, 0.15) is 0 Å². The maximum atomic E-state index is 5.36. The molecule has 0 amide bonds. The van der Waals surface area contributed by atoms with E-state index in [4.69, 9.17) is 9.97 Å². The molecular formula is C64H48N2. The molecule has 1 aromatic heterocycles. The van der Waals surface area contributed by atoms with Gasteiger partial charge in [0.15, 0.2) is 5.82 Å². The average molecular weight is 845 g/mol. The summed E-state index contributed by atoms with van der Waals surface area (Å²) < 4.78 is 0. The molecule has 2 fully saturated rings. The summed E-state index contributed by atoms with van der Waals surface area (Å²) in [4.78, 5) is 10.7. The minimum Gasteiger partial charge on any atom is -0.228 e. The van der Waals surface area contributed by atoms with Crippen molar-refractivity contribution in [1.82, 2.24) is 9.97 Å². The minimum atomic E-state index is 0.0659. The van der Waals surface area contributed by atoms with Crippen LogP contribution >= 0.6 is 0 Å². The van der Waals surface area contributed by atoms with Crippen LogP contribution in [-0.4, -0.2) is 9.97 Å². The van der Waals surface area contributed by atoms with Crippen molar-refractivity contribution in [3.8, 4) is 78.4 Å². The van der Waals surface area contributed by atoms with Crippen LogP contribution in [0.3, 0.4) is 0 Å². The molecule has 66 heavy (non-hydrogen) atoms. The van der Waals surface area contributed by atoms with Gasteiger partial charge in [-0.2, -0.15) is 0 Å². The van der Waals surface area contributed by atoms with E-state index in [9.17, 15) is 0 Å². The smallest absolute Gasteiger partial charge is 0.160 e. The first-order valence-electron chi connectivity index (χ1n) is 24.2. The van der Waals surface area contributed by atoms with Crippen molar-refractivity contribution >= 4 is 21.5 Å². The second-order valence-corrected chi connectivity index (χ2v) is 19.4. The van der Waals surface area contributed by atoms with Crippen molar-refractivity contribution in [1.29, 1.82) is 0 Å². The number of nitrogens with zero attached hydrogens (tertiary/aromatic N) is 2. The summed E-state index contributed by atoms with van der Waals surface area (Å²) in [5.74, 6) is 0.727. The highest BCUT2D eigenvalue weighted by molar-refractivity contribution is 6.22. The Kier molecular flexibility index (Phi) is 8.35. The first kappa shape index (κ1) is 37.9. The maximum Gasteiger partial charge on any atom is 0.160 e. The highest BCUT2D eigenvalue weighted by Gasteiger charge is 2.46. The fourth-order valence-electron chi connectivity index (χ4n) is 13.3. The minimum absolute atomic E-state index is 0.0659. The van der Waals surface area contributed by atoms with E-state index in [2.05, 4.69) is 194 Å². The fourth-order valence-corrected chi connectivity index (χ4v) is 13.3. The van der Waals surface area contributed by atoms with E-state index in [0.717, 1.165) is 33.9 Å². The van der Waals surface area contributed by atoms with Gasteiger partial charge in [0.25, 0.3) is 0 Å². The number of rotatable bonds is 5. The lowest BCUT2D eigenvalue weighted by atomic mass is 9.75.